The van der Waals surface area contributed by atoms with E-state index in [1.807, 2.05) is 30.7 Å². The highest BCUT2D eigenvalue weighted by Gasteiger charge is 2.06. The number of nitrogens with zero attached hydrogens (tertiary/aromatic N) is 4. The second-order valence-corrected chi connectivity index (χ2v) is 7.70. The summed E-state index contributed by atoms with van der Waals surface area (Å²) >= 11 is 1.78. The Bertz CT molecular complexity index is 902. The quantitative estimate of drug-likeness (QED) is 0.417. The van der Waals surface area contributed by atoms with Gasteiger partial charge < -0.3 is 19.9 Å². The highest BCUT2D eigenvalue weighted by atomic mass is 32.1. The van der Waals surface area contributed by atoms with Gasteiger partial charge in [-0.05, 0) is 48.9 Å². The van der Waals surface area contributed by atoms with Gasteiger partial charge in [0.15, 0.2) is 11.8 Å². The molecule has 0 bridgehead atoms. The van der Waals surface area contributed by atoms with Crippen LogP contribution < -0.4 is 15.4 Å². The van der Waals surface area contributed by atoms with Crippen LogP contribution in [0.25, 0.3) is 0 Å². The second kappa shape index (κ2) is 10.6. The number of ether oxygens (including phenoxy) is 1. The number of aromatic nitrogens is 3. The lowest BCUT2D eigenvalue weighted by Gasteiger charge is -2.13. The number of hydrogen-bond acceptors (Lipinski definition) is 5. The van der Waals surface area contributed by atoms with Crippen LogP contribution in [0, 0.1) is 6.92 Å². The van der Waals surface area contributed by atoms with E-state index < -0.39 is 0 Å². The van der Waals surface area contributed by atoms with E-state index >= 15 is 0 Å². The van der Waals surface area contributed by atoms with E-state index in [0.29, 0.717) is 6.54 Å². The second-order valence-electron chi connectivity index (χ2n) is 6.67. The van der Waals surface area contributed by atoms with Crippen LogP contribution in [0.3, 0.4) is 0 Å². The molecule has 3 aromatic rings. The average molecular weight is 413 g/mol. The minimum absolute atomic E-state index is 0.480. The van der Waals surface area contributed by atoms with Crippen LogP contribution in [0.15, 0.2) is 46.8 Å². The van der Waals surface area contributed by atoms with Crippen molar-refractivity contribution in [1.82, 2.24) is 25.4 Å². The number of aliphatic imine (C=N–C) groups is 1. The first-order valence-electron chi connectivity index (χ1n) is 9.68. The van der Waals surface area contributed by atoms with Crippen LogP contribution >= 0.6 is 11.3 Å². The molecule has 0 aliphatic heterocycles. The first-order valence-corrected chi connectivity index (χ1v) is 10.6. The lowest BCUT2D eigenvalue weighted by atomic mass is 10.1. The van der Waals surface area contributed by atoms with Gasteiger partial charge in [-0.15, -0.1) is 21.5 Å². The van der Waals surface area contributed by atoms with Crippen LogP contribution in [0.1, 0.15) is 22.1 Å². The van der Waals surface area contributed by atoms with Gasteiger partial charge in [-0.25, -0.2) is 4.99 Å². The fourth-order valence-corrected chi connectivity index (χ4v) is 3.50. The molecule has 0 atom stereocenters. The Kier molecular flexibility index (Phi) is 7.63. The molecule has 0 saturated heterocycles. The monoisotopic (exact) mass is 412 g/mol. The normalized spacial score (nSPS) is 11.5. The summed E-state index contributed by atoms with van der Waals surface area (Å²) in [5.74, 6) is 3.39. The summed E-state index contributed by atoms with van der Waals surface area (Å²) in [5.41, 5.74) is 1.25. The highest BCUT2D eigenvalue weighted by Crippen LogP contribution is 2.11. The zero-order valence-corrected chi connectivity index (χ0v) is 18.0. The van der Waals surface area contributed by atoms with Crippen molar-refractivity contribution in [2.24, 2.45) is 12.0 Å². The van der Waals surface area contributed by atoms with E-state index in [9.17, 15) is 0 Å². The molecule has 7 nitrogen and oxygen atoms in total. The Morgan fingerprint density at radius 1 is 1.10 bits per heavy atom. The Hall–Kier alpha value is -2.87. The fraction of sp³-hybridized carbons (Fsp3) is 0.381. The molecule has 0 spiro atoms. The molecular weight excluding hydrogens is 384 g/mol. The summed E-state index contributed by atoms with van der Waals surface area (Å²) in [7, 11) is 3.64. The van der Waals surface area contributed by atoms with Crippen LogP contribution in [0.5, 0.6) is 5.75 Å². The maximum Gasteiger partial charge on any atom is 0.191 e. The number of hydrogen-bond donors (Lipinski definition) is 2. The summed E-state index contributed by atoms with van der Waals surface area (Å²) in [6, 6.07) is 12.4. The Balaban J connectivity index is 1.56. The molecule has 0 aliphatic rings. The molecule has 0 aliphatic carbocycles. The summed E-state index contributed by atoms with van der Waals surface area (Å²) in [4.78, 5) is 6.06. The minimum Gasteiger partial charge on any atom is -0.497 e. The van der Waals surface area contributed by atoms with Gasteiger partial charge in [0.05, 0.1) is 7.11 Å². The molecule has 2 aromatic heterocycles. The summed E-state index contributed by atoms with van der Waals surface area (Å²) in [6.45, 7) is 4.03. The molecule has 0 amide bonds. The number of guanidine groups is 1. The van der Waals surface area contributed by atoms with Crippen molar-refractivity contribution in [3.05, 3.63) is 63.9 Å². The van der Waals surface area contributed by atoms with Gasteiger partial charge in [-0.1, -0.05) is 18.2 Å². The van der Waals surface area contributed by atoms with Gasteiger partial charge in [0.25, 0.3) is 0 Å². The standard InChI is InChI=1S/C21H28N6OS/c1-16-25-26-20(27(16)2)15-24-21(23-13-11-19-5-4-14-29-19)22-12-10-17-6-8-18(28-3)9-7-17/h4-9,14H,10-13,15H2,1-3H3,(H2,22,23,24). The summed E-state index contributed by atoms with van der Waals surface area (Å²) in [6.07, 6.45) is 1.87. The molecule has 0 saturated carbocycles. The first-order chi connectivity index (χ1) is 14.2. The number of aryl methyl sites for hydroxylation is 1. The van der Waals surface area contributed by atoms with Crippen molar-refractivity contribution >= 4 is 17.3 Å². The van der Waals surface area contributed by atoms with E-state index in [1.165, 1.54) is 10.4 Å². The van der Waals surface area contributed by atoms with Crippen LogP contribution in [0.2, 0.25) is 0 Å². The van der Waals surface area contributed by atoms with Crippen LogP contribution in [0.4, 0.5) is 0 Å². The van der Waals surface area contributed by atoms with Gasteiger partial charge >= 0.3 is 0 Å². The number of thiophene rings is 1. The van der Waals surface area contributed by atoms with Crippen molar-refractivity contribution in [3.8, 4) is 5.75 Å². The van der Waals surface area contributed by atoms with Gasteiger partial charge in [0.2, 0.25) is 0 Å². The minimum atomic E-state index is 0.480. The van der Waals surface area contributed by atoms with Crippen molar-refractivity contribution in [2.45, 2.75) is 26.3 Å². The number of nitrogens with one attached hydrogen (secondary N) is 2. The molecular formula is C21H28N6OS. The van der Waals surface area contributed by atoms with Crippen molar-refractivity contribution in [3.63, 3.8) is 0 Å². The van der Waals surface area contributed by atoms with Gasteiger partial charge in [0, 0.05) is 25.0 Å². The van der Waals surface area contributed by atoms with Crippen LogP contribution in [-0.2, 0) is 26.4 Å². The number of benzene rings is 1. The molecule has 154 valence electrons. The largest absolute Gasteiger partial charge is 0.497 e. The molecule has 0 unspecified atom stereocenters. The van der Waals surface area contributed by atoms with Crippen molar-refractivity contribution < 1.29 is 4.74 Å². The SMILES string of the molecule is COc1ccc(CCNC(=NCc2nnc(C)n2C)NCCc2cccs2)cc1. The lowest BCUT2D eigenvalue weighted by molar-refractivity contribution is 0.414. The van der Waals surface area contributed by atoms with E-state index in [-0.39, 0.29) is 0 Å². The molecule has 2 N–H and O–H groups in total. The Labute approximate surface area is 175 Å². The van der Waals surface area contributed by atoms with Crippen molar-refractivity contribution in [1.29, 1.82) is 0 Å². The molecule has 1 aromatic carbocycles. The van der Waals surface area contributed by atoms with E-state index in [0.717, 1.165) is 49.3 Å². The fourth-order valence-electron chi connectivity index (χ4n) is 2.79. The summed E-state index contributed by atoms with van der Waals surface area (Å²) in [5, 5.41) is 17.3. The summed E-state index contributed by atoms with van der Waals surface area (Å²) < 4.78 is 7.18. The average Bonchev–Trinajstić information content (AvgIpc) is 3.37. The van der Waals surface area contributed by atoms with E-state index in [1.54, 1.807) is 18.4 Å². The van der Waals surface area contributed by atoms with Crippen molar-refractivity contribution in [2.75, 3.05) is 20.2 Å². The molecule has 3 rings (SSSR count). The topological polar surface area (TPSA) is 76.4 Å². The van der Waals surface area contributed by atoms with Gasteiger partial charge in [0.1, 0.15) is 18.1 Å². The van der Waals surface area contributed by atoms with E-state index in [4.69, 9.17) is 9.73 Å². The molecule has 0 radical (unpaired) electrons. The third-order valence-corrected chi connectivity index (χ3v) is 5.61. The zero-order chi connectivity index (χ0) is 20.5. The maximum absolute atomic E-state index is 5.22. The maximum atomic E-state index is 5.22. The smallest absolute Gasteiger partial charge is 0.191 e. The zero-order valence-electron chi connectivity index (χ0n) is 17.2. The number of rotatable bonds is 9. The predicted octanol–water partition coefficient (Wildman–Crippen LogP) is 2.71. The third kappa shape index (κ3) is 6.32. The third-order valence-electron chi connectivity index (χ3n) is 4.67. The van der Waals surface area contributed by atoms with E-state index in [2.05, 4.69) is 50.5 Å². The van der Waals surface area contributed by atoms with Gasteiger partial charge in [-0.2, -0.15) is 0 Å². The highest BCUT2D eigenvalue weighted by molar-refractivity contribution is 7.09. The predicted molar refractivity (Wildman–Crippen MR) is 118 cm³/mol. The first kappa shape index (κ1) is 20.9. The van der Waals surface area contributed by atoms with Crippen LogP contribution in [-0.4, -0.2) is 40.9 Å². The Morgan fingerprint density at radius 3 is 2.48 bits per heavy atom. The number of methoxy groups -OCH3 is 1. The molecule has 2 heterocycles. The van der Waals surface area contributed by atoms with Gasteiger partial charge in [-0.3, -0.25) is 0 Å². The lowest BCUT2D eigenvalue weighted by Crippen LogP contribution is -2.39. The Morgan fingerprint density at radius 2 is 1.86 bits per heavy atom. The molecule has 0 fully saturated rings. The molecule has 8 heteroatoms. The molecule has 29 heavy (non-hydrogen) atoms.